The molecule has 0 amide bonds. The zero-order valence-electron chi connectivity index (χ0n) is 18.2. The molecule has 0 radical (unpaired) electrons. The summed E-state index contributed by atoms with van der Waals surface area (Å²) in [7, 11) is 0. The van der Waals surface area contributed by atoms with E-state index in [1.165, 1.54) is 5.56 Å². The van der Waals surface area contributed by atoms with Crippen molar-refractivity contribution >= 4 is 44.7 Å². The molecule has 0 aliphatic heterocycles. The molecule has 0 fully saturated rings. The Kier molecular flexibility index (Phi) is 7.60. The first-order valence-corrected chi connectivity index (χ1v) is 12.5. The highest BCUT2D eigenvalue weighted by molar-refractivity contribution is 9.10. The largest absolute Gasteiger partial charge is 0.493 e. The maximum atomic E-state index is 5.90. The van der Waals surface area contributed by atoms with Gasteiger partial charge in [0.15, 0.2) is 5.82 Å². The second-order valence-electron chi connectivity index (χ2n) is 7.25. The molecule has 0 atom stereocenters. The van der Waals surface area contributed by atoms with E-state index in [1.54, 1.807) is 11.8 Å². The van der Waals surface area contributed by atoms with Crippen LogP contribution >= 0.6 is 27.7 Å². The third-order valence-corrected chi connectivity index (χ3v) is 6.48. The van der Waals surface area contributed by atoms with Crippen molar-refractivity contribution in [3.63, 3.8) is 0 Å². The lowest BCUT2D eigenvalue weighted by atomic mass is 10.0. The number of aromatic nitrogens is 3. The molecule has 0 saturated heterocycles. The van der Waals surface area contributed by atoms with Crippen molar-refractivity contribution in [2.75, 3.05) is 6.61 Å². The van der Waals surface area contributed by atoms with E-state index in [2.05, 4.69) is 75.5 Å². The average molecular weight is 509 g/mol. The van der Waals surface area contributed by atoms with Gasteiger partial charge in [0.2, 0.25) is 5.16 Å². The van der Waals surface area contributed by atoms with Gasteiger partial charge in [-0.15, -0.1) is 10.2 Å². The highest BCUT2D eigenvalue weighted by Gasteiger charge is 2.13. The van der Waals surface area contributed by atoms with Crippen LogP contribution in [0.2, 0.25) is 0 Å². The van der Waals surface area contributed by atoms with Crippen LogP contribution in [0, 0.1) is 0 Å². The van der Waals surface area contributed by atoms with Crippen LogP contribution in [0.25, 0.3) is 10.8 Å². The van der Waals surface area contributed by atoms with Gasteiger partial charge in [0.1, 0.15) is 5.75 Å². The van der Waals surface area contributed by atoms with Crippen LogP contribution in [0.1, 0.15) is 37.2 Å². The maximum absolute atomic E-state index is 5.90. The highest BCUT2D eigenvalue weighted by Crippen LogP contribution is 2.28. The van der Waals surface area contributed by atoms with E-state index < -0.39 is 0 Å². The third-order valence-electron chi connectivity index (χ3n) is 4.96. The number of aryl methyl sites for hydroxylation is 1. The fraction of sp³-hybridized carbons (Fsp3) is 0.240. The van der Waals surface area contributed by atoms with Crippen LogP contribution in [0.15, 0.2) is 75.4 Å². The lowest BCUT2D eigenvalue weighted by Gasteiger charge is -2.10. The van der Waals surface area contributed by atoms with Crippen LogP contribution in [-0.2, 0) is 12.2 Å². The van der Waals surface area contributed by atoms with E-state index in [-0.39, 0.29) is 0 Å². The zero-order chi connectivity index (χ0) is 22.3. The molecule has 4 rings (SSSR count). The van der Waals surface area contributed by atoms with Gasteiger partial charge in [0.25, 0.3) is 0 Å². The van der Waals surface area contributed by atoms with Crippen LogP contribution in [-0.4, -0.2) is 27.7 Å². The Labute approximate surface area is 201 Å². The Balaban J connectivity index is 1.68. The molecule has 7 heteroatoms. The standard InChI is InChI=1S/C25H25BrN4OS/c1-3-7-24-28-29-25(32-17-18-10-13-20(26)14-11-18)30(24)27-16-22-21-9-6-5-8-19(21)12-15-23(22)31-4-2/h5-6,8-16H,3-4,7,17H2,1-2H3/b27-16-. The predicted octanol–water partition coefficient (Wildman–Crippen LogP) is 6.72. The van der Waals surface area contributed by atoms with Crippen LogP contribution in [0.3, 0.4) is 0 Å². The number of fused-ring (bicyclic) bond motifs is 1. The van der Waals surface area contributed by atoms with Crippen molar-refractivity contribution in [2.45, 2.75) is 37.6 Å². The van der Waals surface area contributed by atoms with Crippen molar-refractivity contribution in [1.82, 2.24) is 14.9 Å². The Morgan fingerprint density at radius 3 is 2.62 bits per heavy atom. The second kappa shape index (κ2) is 10.8. The van der Waals surface area contributed by atoms with Crippen molar-refractivity contribution < 1.29 is 4.74 Å². The first-order chi connectivity index (χ1) is 15.7. The topological polar surface area (TPSA) is 52.3 Å². The van der Waals surface area contributed by atoms with Gasteiger partial charge < -0.3 is 4.74 Å². The van der Waals surface area contributed by atoms with E-state index >= 15 is 0 Å². The molecule has 0 bridgehead atoms. The number of halogens is 1. The monoisotopic (exact) mass is 508 g/mol. The number of hydrogen-bond donors (Lipinski definition) is 0. The van der Waals surface area contributed by atoms with Gasteiger partial charge >= 0.3 is 0 Å². The fourth-order valence-electron chi connectivity index (χ4n) is 3.42. The molecule has 1 heterocycles. The summed E-state index contributed by atoms with van der Waals surface area (Å²) in [5.41, 5.74) is 2.19. The Morgan fingerprint density at radius 2 is 1.84 bits per heavy atom. The summed E-state index contributed by atoms with van der Waals surface area (Å²) >= 11 is 5.12. The lowest BCUT2D eigenvalue weighted by molar-refractivity contribution is 0.340. The quantitative estimate of drug-likeness (QED) is 0.186. The molecule has 32 heavy (non-hydrogen) atoms. The predicted molar refractivity (Wildman–Crippen MR) is 136 cm³/mol. The SMILES string of the molecule is CCCc1nnc(SCc2ccc(Br)cc2)n1/N=C\c1c(OCC)ccc2ccccc12. The highest BCUT2D eigenvalue weighted by atomic mass is 79.9. The van der Waals surface area contributed by atoms with Crippen molar-refractivity contribution in [2.24, 2.45) is 5.10 Å². The minimum atomic E-state index is 0.598. The molecule has 0 N–H and O–H groups in total. The molecule has 0 spiro atoms. The van der Waals surface area contributed by atoms with Crippen LogP contribution < -0.4 is 4.74 Å². The fourth-order valence-corrected chi connectivity index (χ4v) is 4.54. The van der Waals surface area contributed by atoms with Gasteiger partial charge in [0, 0.05) is 22.2 Å². The minimum absolute atomic E-state index is 0.598. The molecule has 1 aromatic heterocycles. The summed E-state index contributed by atoms with van der Waals surface area (Å²) in [6, 6.07) is 20.7. The van der Waals surface area contributed by atoms with Gasteiger partial charge in [0.05, 0.1) is 12.8 Å². The molecule has 3 aromatic carbocycles. The zero-order valence-corrected chi connectivity index (χ0v) is 20.6. The number of thioether (sulfide) groups is 1. The van der Waals surface area contributed by atoms with E-state index in [9.17, 15) is 0 Å². The van der Waals surface area contributed by atoms with E-state index in [0.29, 0.717) is 6.61 Å². The molecule has 0 aliphatic carbocycles. The minimum Gasteiger partial charge on any atom is -0.493 e. The summed E-state index contributed by atoms with van der Waals surface area (Å²) in [5.74, 6) is 2.48. The maximum Gasteiger partial charge on any atom is 0.212 e. The number of nitrogens with zero attached hydrogens (tertiary/aromatic N) is 4. The molecule has 5 nitrogen and oxygen atoms in total. The van der Waals surface area contributed by atoms with Crippen LogP contribution in [0.4, 0.5) is 0 Å². The van der Waals surface area contributed by atoms with E-state index in [4.69, 9.17) is 9.84 Å². The Hall–Kier alpha value is -2.64. The summed E-state index contributed by atoms with van der Waals surface area (Å²) < 4.78 is 8.84. The summed E-state index contributed by atoms with van der Waals surface area (Å²) in [6.45, 7) is 4.72. The molecule has 0 unspecified atom stereocenters. The Morgan fingerprint density at radius 1 is 1.03 bits per heavy atom. The molecular weight excluding hydrogens is 484 g/mol. The lowest BCUT2D eigenvalue weighted by Crippen LogP contribution is -2.02. The van der Waals surface area contributed by atoms with E-state index in [0.717, 1.165) is 56.1 Å². The summed E-state index contributed by atoms with van der Waals surface area (Å²) in [5, 5.41) is 16.7. The number of hydrogen-bond acceptors (Lipinski definition) is 5. The average Bonchev–Trinajstić information content (AvgIpc) is 3.19. The number of rotatable bonds is 9. The second-order valence-corrected chi connectivity index (χ2v) is 9.11. The Bertz CT molecular complexity index is 1220. The van der Waals surface area contributed by atoms with Crippen LogP contribution in [0.5, 0.6) is 5.75 Å². The van der Waals surface area contributed by atoms with Crippen molar-refractivity contribution in [3.8, 4) is 5.75 Å². The van der Waals surface area contributed by atoms with Gasteiger partial charge in [-0.05, 0) is 47.9 Å². The molecule has 0 aliphatic rings. The molecule has 164 valence electrons. The number of ether oxygens (including phenoxy) is 1. The normalized spacial score (nSPS) is 11.5. The molecular formula is C25H25BrN4OS. The summed E-state index contributed by atoms with van der Waals surface area (Å²) in [4.78, 5) is 0. The molecule has 0 saturated carbocycles. The first kappa shape index (κ1) is 22.6. The van der Waals surface area contributed by atoms with Gasteiger partial charge in [-0.25, -0.2) is 0 Å². The molecule has 4 aromatic rings. The smallest absolute Gasteiger partial charge is 0.212 e. The van der Waals surface area contributed by atoms with Gasteiger partial charge in [-0.2, -0.15) is 9.78 Å². The van der Waals surface area contributed by atoms with Gasteiger partial charge in [-0.3, -0.25) is 0 Å². The third kappa shape index (κ3) is 5.22. The van der Waals surface area contributed by atoms with Crippen molar-refractivity contribution in [3.05, 3.63) is 82.1 Å². The first-order valence-electron chi connectivity index (χ1n) is 10.7. The summed E-state index contributed by atoms with van der Waals surface area (Å²) in [6.07, 6.45) is 3.67. The van der Waals surface area contributed by atoms with Gasteiger partial charge in [-0.1, -0.05) is 77.1 Å². The number of benzene rings is 3. The van der Waals surface area contributed by atoms with Crippen molar-refractivity contribution in [1.29, 1.82) is 0 Å². The van der Waals surface area contributed by atoms with E-state index in [1.807, 2.05) is 36.0 Å².